The number of anilines is 2. The summed E-state index contributed by atoms with van der Waals surface area (Å²) in [5.41, 5.74) is 5.53. The number of terminal acetylenes is 1. The Hall–Kier alpha value is -3.72. The summed E-state index contributed by atoms with van der Waals surface area (Å²) < 4.78 is 0. The minimum Gasteiger partial charge on any atom is -0.355 e. The number of carbonyl (C=O) groups excluding carboxylic acids is 1. The van der Waals surface area contributed by atoms with Crippen LogP contribution in [0.3, 0.4) is 0 Å². The first-order valence-corrected chi connectivity index (χ1v) is 10.4. The number of nitrogens with zero attached hydrogens (tertiary/aromatic N) is 2. The van der Waals surface area contributed by atoms with Crippen LogP contribution < -0.4 is 10.6 Å². The van der Waals surface area contributed by atoms with Crippen LogP contribution >= 0.6 is 0 Å². The van der Waals surface area contributed by atoms with E-state index in [1.165, 1.54) is 5.57 Å². The molecule has 3 N–H and O–H groups in total. The molecule has 0 bridgehead atoms. The van der Waals surface area contributed by atoms with Crippen LogP contribution in [0.5, 0.6) is 0 Å². The maximum absolute atomic E-state index is 12.4. The van der Waals surface area contributed by atoms with E-state index in [1.807, 2.05) is 56.0 Å². The van der Waals surface area contributed by atoms with Gasteiger partial charge in [-0.1, -0.05) is 18.1 Å². The van der Waals surface area contributed by atoms with E-state index in [4.69, 9.17) is 6.42 Å². The summed E-state index contributed by atoms with van der Waals surface area (Å²) in [5, 5.41) is 7.48. The molecule has 0 atom stereocenters. The van der Waals surface area contributed by atoms with Gasteiger partial charge >= 0.3 is 6.03 Å². The number of benzene rings is 1. The van der Waals surface area contributed by atoms with E-state index in [1.54, 1.807) is 6.20 Å². The van der Waals surface area contributed by atoms with Crippen molar-refractivity contribution in [2.75, 3.05) is 18.4 Å². The smallest absolute Gasteiger partial charge is 0.318 e. The number of aromatic amines is 1. The second-order valence-corrected chi connectivity index (χ2v) is 8.76. The van der Waals surface area contributed by atoms with Gasteiger partial charge in [0.15, 0.2) is 0 Å². The molecule has 0 fully saturated rings. The van der Waals surface area contributed by atoms with Crippen molar-refractivity contribution in [1.82, 2.24) is 20.2 Å². The number of aromatic nitrogens is 2. The van der Waals surface area contributed by atoms with Gasteiger partial charge in [-0.25, -0.2) is 9.78 Å². The molecule has 1 aromatic carbocycles. The topological polar surface area (TPSA) is 73.0 Å². The number of carbonyl (C=O) groups is 1. The summed E-state index contributed by atoms with van der Waals surface area (Å²) in [4.78, 5) is 22.2. The van der Waals surface area contributed by atoms with Crippen LogP contribution in [0, 0.1) is 12.3 Å². The summed E-state index contributed by atoms with van der Waals surface area (Å²) in [6, 6.07) is 11.8. The second-order valence-electron chi connectivity index (χ2n) is 8.76. The highest BCUT2D eigenvalue weighted by Gasteiger charge is 2.22. The summed E-state index contributed by atoms with van der Waals surface area (Å²) in [6.07, 6.45) is 10.2. The van der Waals surface area contributed by atoms with Crippen molar-refractivity contribution in [2.45, 2.75) is 32.7 Å². The molecule has 0 unspecified atom stereocenters. The lowest BCUT2D eigenvalue weighted by atomic mass is 10.0. The van der Waals surface area contributed by atoms with Gasteiger partial charge in [0.1, 0.15) is 5.65 Å². The lowest BCUT2D eigenvalue weighted by molar-refractivity contribution is 0.193. The van der Waals surface area contributed by atoms with E-state index in [0.29, 0.717) is 13.1 Å². The van der Waals surface area contributed by atoms with Crippen molar-refractivity contribution >= 4 is 34.0 Å². The third-order valence-electron chi connectivity index (χ3n) is 5.16. The highest BCUT2D eigenvalue weighted by Crippen LogP contribution is 2.30. The van der Waals surface area contributed by atoms with Gasteiger partial charge in [0.25, 0.3) is 0 Å². The molecule has 3 heterocycles. The van der Waals surface area contributed by atoms with Crippen molar-refractivity contribution in [3.05, 3.63) is 59.9 Å². The van der Waals surface area contributed by atoms with E-state index >= 15 is 0 Å². The first-order chi connectivity index (χ1) is 14.8. The molecule has 6 heteroatoms. The molecule has 0 spiro atoms. The minimum absolute atomic E-state index is 0.0261. The normalized spacial score (nSPS) is 14.1. The monoisotopic (exact) mass is 413 g/mol. The maximum atomic E-state index is 12.4. The quantitative estimate of drug-likeness (QED) is 0.536. The molecule has 3 aromatic rings. The standard InChI is InChI=1S/C25H27N5O/c1-5-17-7-6-8-19(15-17)27-21-9-12-26-23-20(21)16-22(28-23)18-10-13-30(14-11-18)24(31)29-25(2,3)4/h1,6-10,12,15-16H,11,13-14H2,2-4H3,(H,29,31)(H2,26,27,28). The van der Waals surface area contributed by atoms with Crippen LogP contribution in [0.2, 0.25) is 0 Å². The molecule has 0 saturated carbocycles. The average molecular weight is 414 g/mol. The zero-order valence-electron chi connectivity index (χ0n) is 18.1. The Morgan fingerprint density at radius 2 is 2.10 bits per heavy atom. The molecule has 0 saturated heterocycles. The van der Waals surface area contributed by atoms with E-state index in [9.17, 15) is 4.79 Å². The maximum Gasteiger partial charge on any atom is 0.318 e. The fourth-order valence-electron chi connectivity index (χ4n) is 3.65. The zero-order valence-corrected chi connectivity index (χ0v) is 18.1. The lowest BCUT2D eigenvalue weighted by Crippen LogP contribution is -2.49. The van der Waals surface area contributed by atoms with Gasteiger partial charge in [0, 0.05) is 47.2 Å². The Balaban J connectivity index is 1.54. The Bertz CT molecular complexity index is 1190. The van der Waals surface area contributed by atoms with E-state index < -0.39 is 0 Å². The molecule has 31 heavy (non-hydrogen) atoms. The van der Waals surface area contributed by atoms with Crippen LogP contribution in [0.1, 0.15) is 38.4 Å². The molecule has 1 aliphatic heterocycles. The molecule has 2 amide bonds. The summed E-state index contributed by atoms with van der Waals surface area (Å²) in [6.45, 7) is 7.23. The predicted molar refractivity (Wildman–Crippen MR) is 126 cm³/mol. The largest absolute Gasteiger partial charge is 0.355 e. The third-order valence-corrected chi connectivity index (χ3v) is 5.16. The summed E-state index contributed by atoms with van der Waals surface area (Å²) >= 11 is 0. The second kappa shape index (κ2) is 8.19. The molecular formula is C25H27N5O. The van der Waals surface area contributed by atoms with Crippen LogP contribution in [0.4, 0.5) is 16.2 Å². The van der Waals surface area contributed by atoms with Gasteiger partial charge in [-0.3, -0.25) is 0 Å². The molecule has 2 aromatic heterocycles. The van der Waals surface area contributed by atoms with Crippen LogP contribution in [-0.4, -0.2) is 39.5 Å². The predicted octanol–water partition coefficient (Wildman–Crippen LogP) is 4.89. The number of fused-ring (bicyclic) bond motifs is 1. The number of hydrogen-bond donors (Lipinski definition) is 3. The lowest BCUT2D eigenvalue weighted by Gasteiger charge is -2.30. The molecule has 0 radical (unpaired) electrons. The zero-order chi connectivity index (χ0) is 22.0. The number of pyridine rings is 1. The highest BCUT2D eigenvalue weighted by molar-refractivity contribution is 5.94. The third kappa shape index (κ3) is 4.72. The van der Waals surface area contributed by atoms with Crippen molar-refractivity contribution in [2.24, 2.45) is 0 Å². The number of amides is 2. The molecule has 6 nitrogen and oxygen atoms in total. The van der Waals surface area contributed by atoms with Crippen LogP contribution in [0.15, 0.2) is 48.7 Å². The first-order valence-electron chi connectivity index (χ1n) is 10.4. The molecular weight excluding hydrogens is 386 g/mol. The number of H-pyrrole nitrogens is 1. The van der Waals surface area contributed by atoms with E-state index in [-0.39, 0.29) is 11.6 Å². The van der Waals surface area contributed by atoms with Crippen LogP contribution in [-0.2, 0) is 0 Å². The first kappa shape index (κ1) is 20.5. The van der Waals surface area contributed by atoms with Gasteiger partial charge in [0.2, 0.25) is 0 Å². The Kier molecular flexibility index (Phi) is 5.43. The van der Waals surface area contributed by atoms with Crippen LogP contribution in [0.25, 0.3) is 16.6 Å². The van der Waals surface area contributed by atoms with Crippen molar-refractivity contribution in [3.63, 3.8) is 0 Å². The Labute approximate surface area is 182 Å². The van der Waals surface area contributed by atoms with Crippen molar-refractivity contribution in [1.29, 1.82) is 0 Å². The average Bonchev–Trinajstić information content (AvgIpc) is 3.18. The molecule has 1 aliphatic rings. The molecule has 158 valence electrons. The number of urea groups is 1. The fraction of sp³-hybridized carbons (Fsp3) is 0.280. The highest BCUT2D eigenvalue weighted by atomic mass is 16.2. The fourth-order valence-corrected chi connectivity index (χ4v) is 3.65. The number of hydrogen-bond acceptors (Lipinski definition) is 3. The van der Waals surface area contributed by atoms with Gasteiger partial charge in [0.05, 0.1) is 5.69 Å². The van der Waals surface area contributed by atoms with Gasteiger partial charge in [-0.2, -0.15) is 0 Å². The van der Waals surface area contributed by atoms with Crippen molar-refractivity contribution < 1.29 is 4.79 Å². The van der Waals surface area contributed by atoms with E-state index in [2.05, 4.69) is 38.7 Å². The molecule has 0 aliphatic carbocycles. The van der Waals surface area contributed by atoms with Gasteiger partial charge in [-0.15, -0.1) is 6.42 Å². The Morgan fingerprint density at radius 3 is 2.81 bits per heavy atom. The number of nitrogens with one attached hydrogen (secondary N) is 3. The Morgan fingerprint density at radius 1 is 1.26 bits per heavy atom. The molecule has 4 rings (SSSR count). The van der Waals surface area contributed by atoms with E-state index in [0.717, 1.165) is 40.1 Å². The van der Waals surface area contributed by atoms with Gasteiger partial charge < -0.3 is 20.5 Å². The van der Waals surface area contributed by atoms with Gasteiger partial charge in [-0.05, 0) is 63.1 Å². The summed E-state index contributed by atoms with van der Waals surface area (Å²) in [5.74, 6) is 2.66. The SMILES string of the molecule is C#Cc1cccc(Nc2ccnc3[nH]c(C4=CCN(C(=O)NC(C)(C)C)CC4)cc23)c1. The minimum atomic E-state index is -0.243. The number of rotatable bonds is 3. The van der Waals surface area contributed by atoms with Crippen molar-refractivity contribution in [3.8, 4) is 12.3 Å². The summed E-state index contributed by atoms with van der Waals surface area (Å²) in [7, 11) is 0.